The standard InChI is InChI=1S/C11H10O3/c12-11-6-10(8-14-11)13-7-9-4-2-1-3-5-9/h1-6H,7-8H2. The lowest BCUT2D eigenvalue weighted by Crippen LogP contribution is -1.95. The molecule has 0 aromatic heterocycles. The van der Waals surface area contributed by atoms with Gasteiger partial charge in [-0.15, -0.1) is 0 Å². The number of rotatable bonds is 3. The summed E-state index contributed by atoms with van der Waals surface area (Å²) in [5.41, 5.74) is 1.08. The van der Waals surface area contributed by atoms with Crippen LogP contribution in [0, 0.1) is 0 Å². The minimum Gasteiger partial charge on any atom is -0.489 e. The first-order valence-corrected chi connectivity index (χ1v) is 4.38. The van der Waals surface area contributed by atoms with Crippen molar-refractivity contribution in [1.29, 1.82) is 0 Å². The summed E-state index contributed by atoms with van der Waals surface area (Å²) in [6.45, 7) is 0.731. The quantitative estimate of drug-likeness (QED) is 0.680. The Bertz CT molecular complexity index is 354. The first-order valence-electron chi connectivity index (χ1n) is 4.38. The molecule has 0 unspecified atom stereocenters. The van der Waals surface area contributed by atoms with Gasteiger partial charge in [0.15, 0.2) is 0 Å². The maximum atomic E-state index is 10.7. The third kappa shape index (κ3) is 2.13. The highest BCUT2D eigenvalue weighted by atomic mass is 16.6. The Balaban J connectivity index is 1.89. The number of esters is 1. The second-order valence-corrected chi connectivity index (χ2v) is 2.99. The molecule has 0 saturated carbocycles. The summed E-state index contributed by atoms with van der Waals surface area (Å²) >= 11 is 0. The molecule has 0 saturated heterocycles. The van der Waals surface area contributed by atoms with Crippen molar-refractivity contribution in [3.05, 3.63) is 47.7 Å². The average Bonchev–Trinajstić information content (AvgIpc) is 2.63. The molecule has 0 radical (unpaired) electrons. The van der Waals surface area contributed by atoms with Gasteiger partial charge in [-0.25, -0.2) is 4.79 Å². The Kier molecular flexibility index (Phi) is 2.49. The molecule has 2 rings (SSSR count). The second kappa shape index (κ2) is 3.96. The molecule has 0 atom stereocenters. The van der Waals surface area contributed by atoms with E-state index in [2.05, 4.69) is 0 Å². The van der Waals surface area contributed by atoms with Gasteiger partial charge in [-0.1, -0.05) is 30.3 Å². The highest BCUT2D eigenvalue weighted by Gasteiger charge is 2.13. The third-order valence-corrected chi connectivity index (χ3v) is 1.90. The molecule has 1 aromatic carbocycles. The van der Waals surface area contributed by atoms with Crippen LogP contribution in [0.25, 0.3) is 0 Å². The lowest BCUT2D eigenvalue weighted by atomic mass is 10.2. The lowest BCUT2D eigenvalue weighted by Gasteiger charge is -2.04. The maximum absolute atomic E-state index is 10.7. The Hall–Kier alpha value is -1.77. The number of cyclic esters (lactones) is 1. The number of hydrogen-bond acceptors (Lipinski definition) is 3. The monoisotopic (exact) mass is 190 g/mol. The summed E-state index contributed by atoms with van der Waals surface area (Å²) in [6.07, 6.45) is 1.38. The van der Waals surface area contributed by atoms with E-state index in [-0.39, 0.29) is 12.6 Å². The van der Waals surface area contributed by atoms with E-state index in [1.165, 1.54) is 6.08 Å². The summed E-state index contributed by atoms with van der Waals surface area (Å²) in [5, 5.41) is 0. The van der Waals surface area contributed by atoms with E-state index in [1.54, 1.807) is 0 Å². The van der Waals surface area contributed by atoms with Crippen LogP contribution in [-0.4, -0.2) is 12.6 Å². The molecule has 0 bridgehead atoms. The van der Waals surface area contributed by atoms with Crippen molar-refractivity contribution in [2.75, 3.05) is 6.61 Å². The molecular formula is C11H10O3. The van der Waals surface area contributed by atoms with Gasteiger partial charge in [0.1, 0.15) is 19.0 Å². The summed E-state index contributed by atoms with van der Waals surface area (Å²) in [6, 6.07) is 9.79. The Morgan fingerprint density at radius 2 is 2.07 bits per heavy atom. The van der Waals surface area contributed by atoms with Crippen LogP contribution in [-0.2, 0) is 20.9 Å². The van der Waals surface area contributed by atoms with Crippen molar-refractivity contribution >= 4 is 5.97 Å². The van der Waals surface area contributed by atoms with E-state index in [9.17, 15) is 4.79 Å². The number of carbonyl (C=O) groups is 1. The minimum absolute atomic E-state index is 0.256. The molecule has 3 heteroatoms. The fourth-order valence-corrected chi connectivity index (χ4v) is 1.19. The average molecular weight is 190 g/mol. The topological polar surface area (TPSA) is 35.5 Å². The summed E-state index contributed by atoms with van der Waals surface area (Å²) in [5.74, 6) is 0.270. The van der Waals surface area contributed by atoms with Crippen LogP contribution < -0.4 is 0 Å². The van der Waals surface area contributed by atoms with Crippen LogP contribution >= 0.6 is 0 Å². The SMILES string of the molecule is O=C1C=C(OCc2ccccc2)CO1. The smallest absolute Gasteiger partial charge is 0.334 e. The summed E-state index contributed by atoms with van der Waals surface area (Å²) in [4.78, 5) is 10.7. The Morgan fingerprint density at radius 3 is 2.71 bits per heavy atom. The van der Waals surface area contributed by atoms with Crippen molar-refractivity contribution in [3.63, 3.8) is 0 Å². The molecule has 1 aliphatic rings. The Morgan fingerprint density at radius 1 is 1.29 bits per heavy atom. The predicted molar refractivity (Wildman–Crippen MR) is 50.3 cm³/mol. The van der Waals surface area contributed by atoms with Crippen LogP contribution in [0.2, 0.25) is 0 Å². The van der Waals surface area contributed by atoms with E-state index in [0.29, 0.717) is 12.4 Å². The normalized spacial score (nSPS) is 14.9. The van der Waals surface area contributed by atoms with Crippen LogP contribution in [0.4, 0.5) is 0 Å². The molecule has 1 aromatic rings. The van der Waals surface area contributed by atoms with Crippen LogP contribution in [0.3, 0.4) is 0 Å². The maximum Gasteiger partial charge on any atom is 0.334 e. The van der Waals surface area contributed by atoms with Gasteiger partial charge in [0.05, 0.1) is 6.08 Å². The lowest BCUT2D eigenvalue weighted by molar-refractivity contribution is -0.135. The van der Waals surface area contributed by atoms with E-state index >= 15 is 0 Å². The summed E-state index contributed by atoms with van der Waals surface area (Å²) < 4.78 is 10.1. The van der Waals surface area contributed by atoms with Crippen molar-refractivity contribution in [1.82, 2.24) is 0 Å². The Labute approximate surface area is 81.9 Å². The molecular weight excluding hydrogens is 180 g/mol. The fourth-order valence-electron chi connectivity index (χ4n) is 1.19. The van der Waals surface area contributed by atoms with Crippen molar-refractivity contribution < 1.29 is 14.3 Å². The first kappa shape index (κ1) is 8.81. The molecule has 72 valence electrons. The summed E-state index contributed by atoms with van der Waals surface area (Å²) in [7, 11) is 0. The number of carbonyl (C=O) groups excluding carboxylic acids is 1. The van der Waals surface area contributed by atoms with Gasteiger partial charge in [-0.05, 0) is 5.56 Å². The first-order chi connectivity index (χ1) is 6.84. The van der Waals surface area contributed by atoms with Crippen molar-refractivity contribution in [3.8, 4) is 0 Å². The van der Waals surface area contributed by atoms with Gasteiger partial charge in [-0.2, -0.15) is 0 Å². The van der Waals surface area contributed by atoms with Gasteiger partial charge >= 0.3 is 5.97 Å². The van der Waals surface area contributed by atoms with Crippen molar-refractivity contribution in [2.24, 2.45) is 0 Å². The van der Waals surface area contributed by atoms with Gasteiger partial charge in [0, 0.05) is 0 Å². The predicted octanol–water partition coefficient (Wildman–Crippen LogP) is 1.64. The molecule has 0 N–H and O–H groups in total. The largest absolute Gasteiger partial charge is 0.489 e. The molecule has 14 heavy (non-hydrogen) atoms. The van der Waals surface area contributed by atoms with E-state index in [4.69, 9.17) is 9.47 Å². The van der Waals surface area contributed by atoms with Crippen LogP contribution in [0.15, 0.2) is 42.2 Å². The molecule has 3 nitrogen and oxygen atoms in total. The number of hydrogen-bond donors (Lipinski definition) is 0. The highest BCUT2D eigenvalue weighted by molar-refractivity contribution is 5.84. The molecule has 0 aliphatic carbocycles. The van der Waals surface area contributed by atoms with E-state index in [1.807, 2.05) is 30.3 Å². The van der Waals surface area contributed by atoms with Gasteiger partial charge in [0.25, 0.3) is 0 Å². The van der Waals surface area contributed by atoms with E-state index in [0.717, 1.165) is 5.56 Å². The molecule has 0 fully saturated rings. The molecule has 0 amide bonds. The fraction of sp³-hybridized carbons (Fsp3) is 0.182. The van der Waals surface area contributed by atoms with Gasteiger partial charge in [0.2, 0.25) is 0 Å². The van der Waals surface area contributed by atoms with E-state index < -0.39 is 0 Å². The zero-order valence-electron chi connectivity index (χ0n) is 7.60. The minimum atomic E-state index is -0.326. The van der Waals surface area contributed by atoms with Crippen LogP contribution in [0.5, 0.6) is 0 Å². The number of benzene rings is 1. The molecule has 0 spiro atoms. The second-order valence-electron chi connectivity index (χ2n) is 2.99. The molecule has 1 aliphatic heterocycles. The third-order valence-electron chi connectivity index (χ3n) is 1.90. The van der Waals surface area contributed by atoms with Crippen LogP contribution in [0.1, 0.15) is 5.56 Å². The zero-order valence-corrected chi connectivity index (χ0v) is 7.60. The van der Waals surface area contributed by atoms with Crippen molar-refractivity contribution in [2.45, 2.75) is 6.61 Å². The van der Waals surface area contributed by atoms with Gasteiger partial charge < -0.3 is 9.47 Å². The molecule has 1 heterocycles. The van der Waals surface area contributed by atoms with Gasteiger partial charge in [-0.3, -0.25) is 0 Å². The highest BCUT2D eigenvalue weighted by Crippen LogP contribution is 2.10. The zero-order chi connectivity index (χ0) is 9.80. The number of ether oxygens (including phenoxy) is 2.